The van der Waals surface area contributed by atoms with Crippen LogP contribution in [-0.4, -0.2) is 4.98 Å². The molecule has 0 atom stereocenters. The van der Waals surface area contributed by atoms with Gasteiger partial charge in [-0.15, -0.1) is 0 Å². The Balaban J connectivity index is 2.06. The van der Waals surface area contributed by atoms with E-state index in [1.807, 2.05) is 36.5 Å². The van der Waals surface area contributed by atoms with E-state index >= 15 is 0 Å². The second-order valence-electron chi connectivity index (χ2n) is 3.85. The van der Waals surface area contributed by atoms with Crippen LogP contribution in [0.4, 0.5) is 4.39 Å². The molecule has 0 aliphatic carbocycles. The molecule has 0 aliphatic heterocycles. The predicted octanol–water partition coefficient (Wildman–Crippen LogP) is 5.11. The first kappa shape index (κ1) is 11.6. The highest BCUT2D eigenvalue weighted by Gasteiger charge is 2.11. The smallest absolute Gasteiger partial charge is 0.143 e. The highest BCUT2D eigenvalue weighted by molar-refractivity contribution is 7.99. The number of aromatic nitrogens is 1. The number of hydrogen-bond donors (Lipinski definition) is 1. The zero-order chi connectivity index (χ0) is 12.5. The fraction of sp³-hybridized carbons (Fsp3) is 0. The van der Waals surface area contributed by atoms with Gasteiger partial charge in [0, 0.05) is 21.4 Å². The SMILES string of the molecule is Fc1ccc2c(Sc3ccccc3)c[nH]c2c1Cl. The van der Waals surface area contributed by atoms with Crippen molar-refractivity contribution in [2.75, 3.05) is 0 Å². The summed E-state index contributed by atoms with van der Waals surface area (Å²) < 4.78 is 13.3. The summed E-state index contributed by atoms with van der Waals surface area (Å²) in [5.41, 5.74) is 0.648. The molecule has 0 aliphatic rings. The van der Waals surface area contributed by atoms with Crippen LogP contribution in [0.2, 0.25) is 5.02 Å². The normalized spacial score (nSPS) is 11.0. The standard InChI is InChI=1S/C14H9ClFNS/c15-13-11(16)7-6-10-12(8-17-14(10)13)18-9-4-2-1-3-5-9/h1-8,17H. The number of fused-ring (bicyclic) bond motifs is 1. The van der Waals surface area contributed by atoms with Crippen molar-refractivity contribution in [1.29, 1.82) is 0 Å². The van der Waals surface area contributed by atoms with E-state index < -0.39 is 5.82 Å². The summed E-state index contributed by atoms with van der Waals surface area (Å²) in [6, 6.07) is 13.2. The number of H-pyrrole nitrogens is 1. The lowest BCUT2D eigenvalue weighted by molar-refractivity contribution is 0.630. The average Bonchev–Trinajstić information content (AvgIpc) is 2.79. The van der Waals surface area contributed by atoms with Gasteiger partial charge in [0.05, 0.1) is 5.52 Å². The van der Waals surface area contributed by atoms with E-state index in [0.717, 1.165) is 15.2 Å². The Labute approximate surface area is 113 Å². The third-order valence-electron chi connectivity index (χ3n) is 2.68. The third kappa shape index (κ3) is 2.00. The van der Waals surface area contributed by atoms with E-state index in [0.29, 0.717) is 5.52 Å². The highest BCUT2D eigenvalue weighted by atomic mass is 35.5. The molecule has 0 saturated carbocycles. The van der Waals surface area contributed by atoms with Gasteiger partial charge in [-0.1, -0.05) is 41.6 Å². The molecule has 0 unspecified atom stereocenters. The molecule has 1 N–H and O–H groups in total. The van der Waals surface area contributed by atoms with E-state index in [9.17, 15) is 4.39 Å². The summed E-state index contributed by atoms with van der Waals surface area (Å²) in [6.45, 7) is 0. The summed E-state index contributed by atoms with van der Waals surface area (Å²) >= 11 is 7.55. The van der Waals surface area contributed by atoms with Crippen molar-refractivity contribution in [3.8, 4) is 0 Å². The molecule has 0 fully saturated rings. The maximum atomic E-state index is 13.3. The van der Waals surface area contributed by atoms with Crippen LogP contribution in [0.1, 0.15) is 0 Å². The molecule has 3 rings (SSSR count). The van der Waals surface area contributed by atoms with Crippen LogP contribution in [0.3, 0.4) is 0 Å². The zero-order valence-electron chi connectivity index (χ0n) is 9.28. The second kappa shape index (κ2) is 4.67. The van der Waals surface area contributed by atoms with Crippen molar-refractivity contribution in [1.82, 2.24) is 4.98 Å². The minimum Gasteiger partial charge on any atom is -0.359 e. The Morgan fingerprint density at radius 1 is 1.06 bits per heavy atom. The minimum atomic E-state index is -0.401. The van der Waals surface area contributed by atoms with E-state index in [-0.39, 0.29) is 5.02 Å². The van der Waals surface area contributed by atoms with Gasteiger partial charge < -0.3 is 4.98 Å². The Kier molecular flexibility index (Phi) is 3.02. The molecule has 0 saturated heterocycles. The predicted molar refractivity (Wildman–Crippen MR) is 73.8 cm³/mol. The van der Waals surface area contributed by atoms with Gasteiger partial charge >= 0.3 is 0 Å². The molecule has 4 heteroatoms. The molecule has 2 aromatic carbocycles. The number of aromatic amines is 1. The molecule has 1 nitrogen and oxygen atoms in total. The first-order valence-corrected chi connectivity index (χ1v) is 6.63. The number of hydrogen-bond acceptors (Lipinski definition) is 1. The summed E-state index contributed by atoms with van der Waals surface area (Å²) in [7, 11) is 0. The number of benzene rings is 2. The molecule has 1 aromatic heterocycles. The van der Waals surface area contributed by atoms with Crippen LogP contribution >= 0.6 is 23.4 Å². The maximum Gasteiger partial charge on any atom is 0.143 e. The van der Waals surface area contributed by atoms with Gasteiger partial charge in [-0.25, -0.2) is 4.39 Å². The summed E-state index contributed by atoms with van der Waals surface area (Å²) in [5, 5.41) is 1.09. The van der Waals surface area contributed by atoms with E-state index in [1.54, 1.807) is 17.8 Å². The molecule has 90 valence electrons. The molecule has 0 bridgehead atoms. The van der Waals surface area contributed by atoms with Crippen molar-refractivity contribution in [2.45, 2.75) is 9.79 Å². The van der Waals surface area contributed by atoms with Crippen LogP contribution in [0, 0.1) is 5.82 Å². The minimum absolute atomic E-state index is 0.146. The molecule has 0 amide bonds. The van der Waals surface area contributed by atoms with Gasteiger partial charge in [-0.3, -0.25) is 0 Å². The molecule has 0 radical (unpaired) electrons. The monoisotopic (exact) mass is 277 g/mol. The van der Waals surface area contributed by atoms with Crippen LogP contribution in [0.25, 0.3) is 10.9 Å². The van der Waals surface area contributed by atoms with Crippen LogP contribution in [0.5, 0.6) is 0 Å². The Morgan fingerprint density at radius 3 is 2.61 bits per heavy atom. The molecular weight excluding hydrogens is 269 g/mol. The Bertz CT molecular complexity index is 694. The van der Waals surface area contributed by atoms with Gasteiger partial charge in [0.25, 0.3) is 0 Å². The van der Waals surface area contributed by atoms with Crippen LogP contribution < -0.4 is 0 Å². The number of halogens is 2. The van der Waals surface area contributed by atoms with Crippen molar-refractivity contribution >= 4 is 34.3 Å². The molecule has 18 heavy (non-hydrogen) atoms. The van der Waals surface area contributed by atoms with Gasteiger partial charge in [-0.05, 0) is 24.3 Å². The molecule has 3 aromatic rings. The summed E-state index contributed by atoms with van der Waals surface area (Å²) in [5.74, 6) is -0.401. The molecule has 0 spiro atoms. The number of rotatable bonds is 2. The quantitative estimate of drug-likeness (QED) is 0.688. The van der Waals surface area contributed by atoms with Crippen molar-refractivity contribution < 1.29 is 4.39 Å². The van der Waals surface area contributed by atoms with E-state index in [4.69, 9.17) is 11.6 Å². The van der Waals surface area contributed by atoms with Gasteiger partial charge in [0.15, 0.2) is 0 Å². The van der Waals surface area contributed by atoms with E-state index in [1.165, 1.54) is 6.07 Å². The zero-order valence-corrected chi connectivity index (χ0v) is 10.9. The largest absolute Gasteiger partial charge is 0.359 e. The second-order valence-corrected chi connectivity index (χ2v) is 5.35. The lowest BCUT2D eigenvalue weighted by atomic mass is 10.2. The van der Waals surface area contributed by atoms with Crippen LogP contribution in [-0.2, 0) is 0 Å². The third-order valence-corrected chi connectivity index (χ3v) is 4.11. The fourth-order valence-electron chi connectivity index (χ4n) is 1.81. The fourth-order valence-corrected chi connectivity index (χ4v) is 2.98. The summed E-state index contributed by atoms with van der Waals surface area (Å²) in [4.78, 5) is 5.20. The lowest BCUT2D eigenvalue weighted by Gasteiger charge is -2.00. The van der Waals surface area contributed by atoms with Crippen molar-refractivity contribution in [2.24, 2.45) is 0 Å². The highest BCUT2D eigenvalue weighted by Crippen LogP contribution is 2.36. The van der Waals surface area contributed by atoms with Crippen molar-refractivity contribution in [3.05, 3.63) is 59.5 Å². The van der Waals surface area contributed by atoms with E-state index in [2.05, 4.69) is 4.98 Å². The van der Waals surface area contributed by atoms with Crippen molar-refractivity contribution in [3.63, 3.8) is 0 Å². The van der Waals surface area contributed by atoms with Crippen LogP contribution in [0.15, 0.2) is 58.5 Å². The topological polar surface area (TPSA) is 15.8 Å². The first-order valence-electron chi connectivity index (χ1n) is 5.43. The average molecular weight is 278 g/mol. The van der Waals surface area contributed by atoms with Gasteiger partial charge in [0.1, 0.15) is 10.8 Å². The lowest BCUT2D eigenvalue weighted by Crippen LogP contribution is -1.78. The van der Waals surface area contributed by atoms with Gasteiger partial charge in [0.2, 0.25) is 0 Å². The van der Waals surface area contributed by atoms with Gasteiger partial charge in [-0.2, -0.15) is 0 Å². The Hall–Kier alpha value is -1.45. The first-order chi connectivity index (χ1) is 8.75. The summed E-state index contributed by atoms with van der Waals surface area (Å²) in [6.07, 6.45) is 1.85. The molecule has 1 heterocycles. The Morgan fingerprint density at radius 2 is 1.83 bits per heavy atom. The number of nitrogens with one attached hydrogen (secondary N) is 1. The molecular formula is C14H9ClFNS. The maximum absolute atomic E-state index is 13.3.